The lowest BCUT2D eigenvalue weighted by Crippen LogP contribution is -2.38. The van der Waals surface area contributed by atoms with Crippen LogP contribution in [0.1, 0.15) is 37.8 Å². The Bertz CT molecular complexity index is 640. The van der Waals surface area contributed by atoms with E-state index in [4.69, 9.17) is 4.74 Å². The minimum absolute atomic E-state index is 0.110. The molecule has 0 aliphatic carbocycles. The molecule has 0 aliphatic heterocycles. The summed E-state index contributed by atoms with van der Waals surface area (Å²) in [6.07, 6.45) is 2.70. The monoisotopic (exact) mass is 344 g/mol. The highest BCUT2D eigenvalue weighted by Crippen LogP contribution is 2.15. The van der Waals surface area contributed by atoms with Gasteiger partial charge in [-0.2, -0.15) is 0 Å². The summed E-state index contributed by atoms with van der Waals surface area (Å²) in [5, 5.41) is 14.4. The van der Waals surface area contributed by atoms with Gasteiger partial charge >= 0.3 is 0 Å². The Morgan fingerprint density at radius 2 is 2.08 bits per heavy atom. The number of aromatic nitrogens is 3. The number of rotatable bonds is 9. The van der Waals surface area contributed by atoms with Crippen LogP contribution >= 0.6 is 0 Å². The third-order valence-corrected chi connectivity index (χ3v) is 3.78. The lowest BCUT2D eigenvalue weighted by atomic mass is 10.1. The Morgan fingerprint density at radius 3 is 2.76 bits per heavy atom. The van der Waals surface area contributed by atoms with Crippen molar-refractivity contribution in [1.82, 2.24) is 25.4 Å². The summed E-state index contributed by atoms with van der Waals surface area (Å²) in [5.74, 6) is 1.61. The van der Waals surface area contributed by atoms with Crippen molar-refractivity contribution in [2.45, 2.75) is 32.9 Å². The Labute approximate surface area is 149 Å². The Morgan fingerprint density at radius 1 is 1.28 bits per heavy atom. The number of hydrogen-bond donors (Lipinski definition) is 2. The maximum Gasteiger partial charge on any atom is 0.191 e. The van der Waals surface area contributed by atoms with Crippen molar-refractivity contribution in [3.8, 4) is 0 Å². The van der Waals surface area contributed by atoms with E-state index in [1.165, 1.54) is 5.56 Å². The Balaban J connectivity index is 1.69. The number of aliphatic imine (C=N–C) groups is 1. The number of benzene rings is 1. The van der Waals surface area contributed by atoms with Gasteiger partial charge in [0.25, 0.3) is 0 Å². The quantitative estimate of drug-likeness (QED) is 0.414. The van der Waals surface area contributed by atoms with Crippen molar-refractivity contribution >= 4 is 5.96 Å². The molecular formula is C18H28N6O. The van der Waals surface area contributed by atoms with Crippen LogP contribution in [0.5, 0.6) is 0 Å². The normalized spacial score (nSPS) is 12.8. The summed E-state index contributed by atoms with van der Waals surface area (Å²) in [6, 6.07) is 10.3. The molecule has 1 aromatic carbocycles. The minimum atomic E-state index is 0.110. The van der Waals surface area contributed by atoms with Crippen molar-refractivity contribution in [2.75, 3.05) is 19.7 Å². The number of hydrogen-bond acceptors (Lipinski definition) is 4. The number of nitrogens with one attached hydrogen (secondary N) is 2. The number of guanidine groups is 1. The van der Waals surface area contributed by atoms with Crippen LogP contribution in [0.2, 0.25) is 0 Å². The van der Waals surface area contributed by atoms with Crippen LogP contribution in [0.25, 0.3) is 0 Å². The molecule has 1 atom stereocenters. The second kappa shape index (κ2) is 10.5. The van der Waals surface area contributed by atoms with Gasteiger partial charge in [0, 0.05) is 26.7 Å². The van der Waals surface area contributed by atoms with Crippen LogP contribution in [0, 0.1) is 0 Å². The van der Waals surface area contributed by atoms with Gasteiger partial charge in [-0.1, -0.05) is 30.3 Å². The van der Waals surface area contributed by atoms with E-state index in [9.17, 15) is 0 Å². The van der Waals surface area contributed by atoms with Gasteiger partial charge < -0.3 is 19.9 Å². The zero-order chi connectivity index (χ0) is 17.9. The molecular weight excluding hydrogens is 316 g/mol. The molecule has 0 spiro atoms. The summed E-state index contributed by atoms with van der Waals surface area (Å²) in [6.45, 7) is 6.93. The van der Waals surface area contributed by atoms with Crippen LogP contribution < -0.4 is 10.6 Å². The van der Waals surface area contributed by atoms with Crippen molar-refractivity contribution < 1.29 is 4.74 Å². The van der Waals surface area contributed by atoms with Crippen LogP contribution in [-0.4, -0.2) is 40.4 Å². The average Bonchev–Trinajstić information content (AvgIpc) is 3.04. The fraction of sp³-hybridized carbons (Fsp3) is 0.500. The van der Waals surface area contributed by atoms with Gasteiger partial charge in [0.2, 0.25) is 0 Å². The van der Waals surface area contributed by atoms with Crippen LogP contribution in [-0.2, 0) is 18.3 Å². The molecule has 0 amide bonds. The molecule has 0 bridgehead atoms. The smallest absolute Gasteiger partial charge is 0.191 e. The van der Waals surface area contributed by atoms with E-state index in [-0.39, 0.29) is 6.10 Å². The average molecular weight is 344 g/mol. The van der Waals surface area contributed by atoms with E-state index in [2.05, 4.69) is 44.9 Å². The summed E-state index contributed by atoms with van der Waals surface area (Å²) in [5.41, 5.74) is 1.20. The third kappa shape index (κ3) is 6.54. The van der Waals surface area contributed by atoms with E-state index >= 15 is 0 Å². The molecule has 136 valence electrons. The molecule has 0 saturated carbocycles. The van der Waals surface area contributed by atoms with Crippen LogP contribution in [0.3, 0.4) is 0 Å². The van der Waals surface area contributed by atoms with Crippen LogP contribution in [0.15, 0.2) is 41.7 Å². The standard InChI is InChI=1S/C18H28N6O/c1-4-19-18(21-13-17-23-22-14-24(17)3)20-11-8-12-25-15(2)16-9-6-5-7-10-16/h5-7,9-10,14-15H,4,8,11-13H2,1-3H3,(H2,19,20,21). The Hall–Kier alpha value is -2.41. The predicted molar refractivity (Wildman–Crippen MR) is 99.2 cm³/mol. The fourth-order valence-corrected chi connectivity index (χ4v) is 2.30. The van der Waals surface area contributed by atoms with E-state index in [1.807, 2.05) is 36.7 Å². The number of aryl methyl sites for hydroxylation is 1. The maximum absolute atomic E-state index is 5.88. The third-order valence-electron chi connectivity index (χ3n) is 3.78. The molecule has 1 heterocycles. The van der Waals surface area contributed by atoms with Crippen molar-refractivity contribution in [2.24, 2.45) is 12.0 Å². The first-order chi connectivity index (χ1) is 12.2. The topological polar surface area (TPSA) is 76.4 Å². The van der Waals surface area contributed by atoms with E-state index < -0.39 is 0 Å². The van der Waals surface area contributed by atoms with Crippen molar-refractivity contribution in [3.63, 3.8) is 0 Å². The van der Waals surface area contributed by atoms with E-state index in [1.54, 1.807) is 6.33 Å². The molecule has 1 aromatic heterocycles. The molecule has 2 rings (SSSR count). The lowest BCUT2D eigenvalue weighted by Gasteiger charge is -2.14. The predicted octanol–water partition coefficient (Wildman–Crippen LogP) is 2.04. The largest absolute Gasteiger partial charge is 0.374 e. The molecule has 0 saturated heterocycles. The van der Waals surface area contributed by atoms with Gasteiger partial charge in [0.05, 0.1) is 6.10 Å². The molecule has 0 aliphatic rings. The van der Waals surface area contributed by atoms with Gasteiger partial charge in [-0.05, 0) is 25.8 Å². The fourth-order valence-electron chi connectivity index (χ4n) is 2.30. The number of nitrogens with zero attached hydrogens (tertiary/aromatic N) is 4. The molecule has 1 unspecified atom stereocenters. The first kappa shape index (κ1) is 18.9. The first-order valence-corrected chi connectivity index (χ1v) is 8.72. The molecule has 0 fully saturated rings. The number of ether oxygens (including phenoxy) is 1. The molecule has 2 aromatic rings. The van der Waals surface area contributed by atoms with E-state index in [0.29, 0.717) is 13.2 Å². The summed E-state index contributed by atoms with van der Waals surface area (Å²) in [4.78, 5) is 4.53. The van der Waals surface area contributed by atoms with E-state index in [0.717, 1.165) is 31.3 Å². The first-order valence-electron chi connectivity index (χ1n) is 8.72. The Kier molecular flexibility index (Phi) is 7.91. The summed E-state index contributed by atoms with van der Waals surface area (Å²) >= 11 is 0. The molecule has 0 radical (unpaired) electrons. The minimum Gasteiger partial charge on any atom is -0.374 e. The zero-order valence-corrected chi connectivity index (χ0v) is 15.3. The second-order valence-corrected chi connectivity index (χ2v) is 5.76. The van der Waals surface area contributed by atoms with Gasteiger partial charge in [0.1, 0.15) is 12.9 Å². The highest BCUT2D eigenvalue weighted by Gasteiger charge is 2.05. The van der Waals surface area contributed by atoms with Gasteiger partial charge in [-0.15, -0.1) is 10.2 Å². The second-order valence-electron chi connectivity index (χ2n) is 5.76. The van der Waals surface area contributed by atoms with Crippen molar-refractivity contribution in [3.05, 3.63) is 48.0 Å². The molecule has 2 N–H and O–H groups in total. The SMILES string of the molecule is CCNC(=NCc1nncn1C)NCCCOC(C)c1ccccc1. The lowest BCUT2D eigenvalue weighted by molar-refractivity contribution is 0.0646. The highest BCUT2D eigenvalue weighted by atomic mass is 16.5. The summed E-state index contributed by atoms with van der Waals surface area (Å²) in [7, 11) is 1.91. The van der Waals surface area contributed by atoms with Crippen molar-refractivity contribution in [1.29, 1.82) is 0 Å². The summed E-state index contributed by atoms with van der Waals surface area (Å²) < 4.78 is 7.75. The highest BCUT2D eigenvalue weighted by molar-refractivity contribution is 5.79. The zero-order valence-electron chi connectivity index (χ0n) is 15.3. The molecule has 25 heavy (non-hydrogen) atoms. The molecule has 7 nitrogen and oxygen atoms in total. The van der Waals surface area contributed by atoms with Gasteiger partial charge in [-0.3, -0.25) is 0 Å². The molecule has 7 heteroatoms. The van der Waals surface area contributed by atoms with Gasteiger partial charge in [-0.25, -0.2) is 4.99 Å². The van der Waals surface area contributed by atoms with Gasteiger partial charge in [0.15, 0.2) is 11.8 Å². The maximum atomic E-state index is 5.88. The van der Waals surface area contributed by atoms with Crippen LogP contribution in [0.4, 0.5) is 0 Å².